The van der Waals surface area contributed by atoms with E-state index < -0.39 is 0 Å². The molecular weight excluding hydrogens is 320 g/mol. The number of fused-ring (bicyclic) bond motifs is 3. The van der Waals surface area contributed by atoms with Gasteiger partial charge >= 0.3 is 0 Å². The first-order chi connectivity index (χ1) is 11.4. The smallest absolute Gasteiger partial charge is 0.230 e. The second-order valence-corrected chi connectivity index (χ2v) is 8.87. The van der Waals surface area contributed by atoms with E-state index in [2.05, 4.69) is 36.3 Å². The molecule has 6 heteroatoms. The number of carbonyl (C=O) groups is 1. The Bertz CT molecular complexity index is 786. The first-order valence-corrected chi connectivity index (χ1v) is 9.62. The van der Waals surface area contributed by atoms with Crippen molar-refractivity contribution in [2.75, 3.05) is 5.75 Å². The molecule has 2 aromatic heterocycles. The molecule has 4 rings (SSSR count). The summed E-state index contributed by atoms with van der Waals surface area (Å²) in [4.78, 5) is 12.5. The number of pyridine rings is 1. The molecular formula is C18H24N4OS. The average molecular weight is 344 g/mol. The molecule has 0 spiro atoms. The minimum atomic E-state index is 0.0993. The van der Waals surface area contributed by atoms with E-state index in [1.807, 2.05) is 28.8 Å². The molecule has 24 heavy (non-hydrogen) atoms. The van der Waals surface area contributed by atoms with Crippen LogP contribution in [0.25, 0.3) is 5.65 Å². The number of hydrogen-bond acceptors (Lipinski definition) is 4. The summed E-state index contributed by atoms with van der Waals surface area (Å²) in [6.07, 6.45) is 5.57. The molecule has 3 unspecified atom stereocenters. The van der Waals surface area contributed by atoms with E-state index in [1.165, 1.54) is 24.6 Å². The Kier molecular flexibility index (Phi) is 3.64. The van der Waals surface area contributed by atoms with E-state index in [4.69, 9.17) is 0 Å². The zero-order valence-corrected chi connectivity index (χ0v) is 15.3. The van der Waals surface area contributed by atoms with Crippen LogP contribution in [0.15, 0.2) is 29.6 Å². The van der Waals surface area contributed by atoms with Crippen LogP contribution in [0.4, 0.5) is 0 Å². The van der Waals surface area contributed by atoms with Crippen LogP contribution in [-0.2, 0) is 4.79 Å². The number of nitrogens with one attached hydrogen (secondary N) is 1. The third-order valence-electron chi connectivity index (χ3n) is 6.74. The first kappa shape index (κ1) is 15.9. The lowest BCUT2D eigenvalue weighted by Crippen LogP contribution is -2.47. The highest BCUT2D eigenvalue weighted by Crippen LogP contribution is 2.65. The highest BCUT2D eigenvalue weighted by atomic mass is 32.2. The molecule has 2 aromatic rings. The highest BCUT2D eigenvalue weighted by molar-refractivity contribution is 7.99. The maximum Gasteiger partial charge on any atom is 0.230 e. The third kappa shape index (κ3) is 2.26. The monoisotopic (exact) mass is 344 g/mol. The maximum absolute atomic E-state index is 12.5. The van der Waals surface area contributed by atoms with E-state index >= 15 is 0 Å². The third-order valence-corrected chi connectivity index (χ3v) is 7.69. The molecule has 0 radical (unpaired) electrons. The van der Waals surface area contributed by atoms with Crippen LogP contribution in [0.5, 0.6) is 0 Å². The molecule has 128 valence electrons. The van der Waals surface area contributed by atoms with Gasteiger partial charge in [0.05, 0.1) is 5.75 Å². The standard InChI is InChI=1S/C18H24N4OS/c1-17(2)12-7-8-18(17,3)13(10-12)19-15(23)11-24-16-21-20-14-6-4-5-9-22(14)16/h4-6,9,12-13H,7-8,10-11H2,1-3H3,(H,19,23). The molecule has 0 aliphatic heterocycles. The molecule has 5 nitrogen and oxygen atoms in total. The van der Waals surface area contributed by atoms with Crippen molar-refractivity contribution in [1.29, 1.82) is 0 Å². The highest BCUT2D eigenvalue weighted by Gasteiger charge is 2.61. The van der Waals surface area contributed by atoms with Gasteiger partial charge in [-0.05, 0) is 48.1 Å². The van der Waals surface area contributed by atoms with Gasteiger partial charge in [-0.2, -0.15) is 0 Å². The van der Waals surface area contributed by atoms with Gasteiger partial charge in [-0.25, -0.2) is 0 Å². The predicted molar refractivity (Wildman–Crippen MR) is 94.9 cm³/mol. The Hall–Kier alpha value is -1.56. The van der Waals surface area contributed by atoms with Gasteiger partial charge in [0.2, 0.25) is 5.91 Å². The lowest BCUT2D eigenvalue weighted by atomic mass is 9.69. The van der Waals surface area contributed by atoms with Gasteiger partial charge in [-0.3, -0.25) is 9.20 Å². The number of thioether (sulfide) groups is 1. The fraction of sp³-hybridized carbons (Fsp3) is 0.611. The second kappa shape index (κ2) is 5.48. The lowest BCUT2D eigenvalue weighted by Gasteiger charge is -2.39. The van der Waals surface area contributed by atoms with Crippen LogP contribution in [0, 0.1) is 16.7 Å². The van der Waals surface area contributed by atoms with Gasteiger partial charge in [-0.15, -0.1) is 10.2 Å². The van der Waals surface area contributed by atoms with Crippen molar-refractivity contribution < 1.29 is 4.79 Å². The molecule has 2 heterocycles. The summed E-state index contributed by atoms with van der Waals surface area (Å²) in [6.45, 7) is 7.09. The SMILES string of the molecule is CC1(C)C2CCC1(C)C(NC(=O)CSc1nnc3ccccn13)C2. The molecule has 2 fully saturated rings. The Morgan fingerprint density at radius 3 is 2.92 bits per heavy atom. The van der Waals surface area contributed by atoms with Crippen LogP contribution in [0.2, 0.25) is 0 Å². The summed E-state index contributed by atoms with van der Waals surface area (Å²) in [7, 11) is 0. The first-order valence-electron chi connectivity index (χ1n) is 8.64. The zero-order chi connectivity index (χ0) is 16.9. The van der Waals surface area contributed by atoms with Gasteiger partial charge in [-0.1, -0.05) is 38.6 Å². The van der Waals surface area contributed by atoms with Crippen LogP contribution in [-0.4, -0.2) is 32.3 Å². The Labute approximate surface area is 146 Å². The minimum Gasteiger partial charge on any atom is -0.352 e. The molecule has 2 bridgehead atoms. The van der Waals surface area contributed by atoms with Crippen LogP contribution in [0.1, 0.15) is 40.0 Å². The fourth-order valence-corrected chi connectivity index (χ4v) is 5.44. The van der Waals surface area contributed by atoms with Crippen molar-refractivity contribution in [3.63, 3.8) is 0 Å². The Morgan fingerprint density at radius 2 is 2.21 bits per heavy atom. The van der Waals surface area contributed by atoms with Crippen LogP contribution < -0.4 is 5.32 Å². The summed E-state index contributed by atoms with van der Waals surface area (Å²) >= 11 is 1.44. The number of aromatic nitrogens is 3. The van der Waals surface area contributed by atoms with Crippen molar-refractivity contribution in [2.24, 2.45) is 16.7 Å². The summed E-state index contributed by atoms with van der Waals surface area (Å²) in [5.74, 6) is 1.22. The molecule has 1 N–H and O–H groups in total. The van der Waals surface area contributed by atoms with Crippen LogP contribution in [0.3, 0.4) is 0 Å². The molecule has 1 amide bonds. The number of hydrogen-bond donors (Lipinski definition) is 1. The number of rotatable bonds is 4. The number of amides is 1. The van der Waals surface area contributed by atoms with E-state index in [9.17, 15) is 4.79 Å². The van der Waals surface area contributed by atoms with E-state index in [1.54, 1.807) is 0 Å². The molecule has 2 aliphatic carbocycles. The van der Waals surface area contributed by atoms with Gasteiger partial charge in [0.1, 0.15) is 0 Å². The summed E-state index contributed by atoms with van der Waals surface area (Å²) in [5, 5.41) is 12.4. The minimum absolute atomic E-state index is 0.0993. The van der Waals surface area contributed by atoms with Gasteiger partial charge < -0.3 is 5.32 Å². The predicted octanol–water partition coefficient (Wildman–Crippen LogP) is 3.15. The topological polar surface area (TPSA) is 59.3 Å². The maximum atomic E-state index is 12.5. The van der Waals surface area contributed by atoms with Crippen molar-refractivity contribution >= 4 is 23.3 Å². The molecule has 2 aliphatic rings. The van der Waals surface area contributed by atoms with Crippen molar-refractivity contribution in [3.8, 4) is 0 Å². The lowest BCUT2D eigenvalue weighted by molar-refractivity contribution is -0.120. The van der Waals surface area contributed by atoms with Crippen LogP contribution >= 0.6 is 11.8 Å². The molecule has 0 aromatic carbocycles. The fourth-order valence-electron chi connectivity index (χ4n) is 4.71. The molecule has 2 saturated carbocycles. The summed E-state index contributed by atoms with van der Waals surface area (Å²) in [5.41, 5.74) is 1.35. The van der Waals surface area contributed by atoms with Gasteiger partial charge in [0, 0.05) is 12.2 Å². The Morgan fingerprint density at radius 1 is 1.38 bits per heavy atom. The number of nitrogens with zero attached hydrogens (tertiary/aromatic N) is 3. The van der Waals surface area contributed by atoms with Crippen molar-refractivity contribution in [3.05, 3.63) is 24.4 Å². The normalized spacial score (nSPS) is 30.8. The van der Waals surface area contributed by atoms with E-state index in [0.29, 0.717) is 17.2 Å². The average Bonchev–Trinajstić information content (AvgIpc) is 3.12. The summed E-state index contributed by atoms with van der Waals surface area (Å²) < 4.78 is 1.92. The van der Waals surface area contributed by atoms with Gasteiger partial charge in [0.25, 0.3) is 0 Å². The van der Waals surface area contributed by atoms with Crippen molar-refractivity contribution in [2.45, 2.75) is 51.2 Å². The van der Waals surface area contributed by atoms with Gasteiger partial charge in [0.15, 0.2) is 10.8 Å². The molecule has 3 atom stereocenters. The molecule has 0 saturated heterocycles. The Balaban J connectivity index is 1.40. The zero-order valence-electron chi connectivity index (χ0n) is 14.5. The summed E-state index contributed by atoms with van der Waals surface area (Å²) in [6, 6.07) is 6.09. The number of carbonyl (C=O) groups excluding carboxylic acids is 1. The largest absolute Gasteiger partial charge is 0.352 e. The van der Waals surface area contributed by atoms with Crippen molar-refractivity contribution in [1.82, 2.24) is 19.9 Å². The van der Waals surface area contributed by atoms with E-state index in [0.717, 1.165) is 23.1 Å². The second-order valence-electron chi connectivity index (χ2n) is 7.93. The van der Waals surface area contributed by atoms with E-state index in [-0.39, 0.29) is 11.3 Å². The quantitative estimate of drug-likeness (QED) is 0.866.